The molecule has 3 aliphatic heterocycles. The predicted molar refractivity (Wildman–Crippen MR) is 206 cm³/mol. The molecule has 0 spiro atoms. The minimum atomic E-state index is -0.636. The van der Waals surface area contributed by atoms with E-state index >= 15 is 0 Å². The second kappa shape index (κ2) is 11.2. The maximum atomic E-state index is 7.01. The number of allylic oxidation sites excluding steroid dienone is 3. The third-order valence-corrected chi connectivity index (χ3v) is 11.6. The SMILES string of the molecule is CC12Oc3ccccc3C1C=CC=C2C1=NC(c2cccc3c2oc2c(C4CC=CC5c6ccccc6OC54)cccc23)N=C(c2ccccc2)N1. The lowest BCUT2D eigenvalue weighted by molar-refractivity contribution is 0.147. The number of amidine groups is 2. The van der Waals surface area contributed by atoms with Crippen LogP contribution in [0.25, 0.3) is 21.9 Å². The van der Waals surface area contributed by atoms with E-state index < -0.39 is 11.8 Å². The molecule has 0 fully saturated rings. The quantitative estimate of drug-likeness (QED) is 0.189. The zero-order valence-electron chi connectivity index (χ0n) is 28.6. The first-order valence-corrected chi connectivity index (χ1v) is 18.2. The van der Waals surface area contributed by atoms with Gasteiger partial charge < -0.3 is 19.2 Å². The summed E-state index contributed by atoms with van der Waals surface area (Å²) >= 11 is 0. The number of ether oxygens (including phenoxy) is 2. The summed E-state index contributed by atoms with van der Waals surface area (Å²) in [6, 6.07) is 39.9. The molecule has 0 radical (unpaired) electrons. The van der Waals surface area contributed by atoms with E-state index in [9.17, 15) is 0 Å². The zero-order chi connectivity index (χ0) is 34.4. The van der Waals surface area contributed by atoms with Crippen molar-refractivity contribution in [1.29, 1.82) is 0 Å². The molecule has 1 aromatic heterocycles. The van der Waals surface area contributed by atoms with Crippen molar-refractivity contribution in [1.82, 2.24) is 5.32 Å². The van der Waals surface area contributed by atoms with Crippen LogP contribution in [0, 0.1) is 0 Å². The highest BCUT2D eigenvalue weighted by molar-refractivity contribution is 6.17. The maximum absolute atomic E-state index is 7.01. The largest absolute Gasteiger partial charge is 0.488 e. The zero-order valence-corrected chi connectivity index (χ0v) is 28.6. The minimum absolute atomic E-state index is 0.0160. The molecular formula is C46H35N3O3. The predicted octanol–water partition coefficient (Wildman–Crippen LogP) is 10.1. The topological polar surface area (TPSA) is 68.4 Å². The van der Waals surface area contributed by atoms with Crippen LogP contribution in [-0.2, 0) is 0 Å². The molecular weight excluding hydrogens is 643 g/mol. The second-order valence-corrected chi connectivity index (χ2v) is 14.5. The number of fused-ring (bicyclic) bond motifs is 9. The number of furan rings is 1. The summed E-state index contributed by atoms with van der Waals surface area (Å²) in [5.74, 6) is 3.83. The lowest BCUT2D eigenvalue weighted by Gasteiger charge is -2.36. The number of para-hydroxylation sites is 4. The van der Waals surface area contributed by atoms with Crippen LogP contribution >= 0.6 is 0 Å². The summed E-state index contributed by atoms with van der Waals surface area (Å²) in [7, 11) is 0. The molecule has 5 aliphatic rings. The summed E-state index contributed by atoms with van der Waals surface area (Å²) in [4.78, 5) is 10.6. The molecule has 4 heterocycles. The van der Waals surface area contributed by atoms with E-state index in [1.54, 1.807) is 0 Å². The highest BCUT2D eigenvalue weighted by atomic mass is 16.5. The van der Waals surface area contributed by atoms with Gasteiger partial charge in [-0.3, -0.25) is 0 Å². The molecule has 0 bridgehead atoms. The van der Waals surface area contributed by atoms with E-state index in [0.717, 1.165) is 68.2 Å². The summed E-state index contributed by atoms with van der Waals surface area (Å²) in [5, 5.41) is 5.77. The van der Waals surface area contributed by atoms with Gasteiger partial charge in [0.2, 0.25) is 0 Å². The molecule has 1 N–H and O–H groups in total. The van der Waals surface area contributed by atoms with Crippen molar-refractivity contribution in [2.75, 3.05) is 0 Å². The second-order valence-electron chi connectivity index (χ2n) is 14.5. The summed E-state index contributed by atoms with van der Waals surface area (Å²) in [6.45, 7) is 2.17. The van der Waals surface area contributed by atoms with Gasteiger partial charge in [0.25, 0.3) is 0 Å². The van der Waals surface area contributed by atoms with Crippen LogP contribution in [0.15, 0.2) is 166 Å². The van der Waals surface area contributed by atoms with E-state index in [-0.39, 0.29) is 23.9 Å². The van der Waals surface area contributed by atoms with Crippen molar-refractivity contribution in [3.05, 3.63) is 179 Å². The molecule has 6 unspecified atom stereocenters. The fourth-order valence-corrected chi connectivity index (χ4v) is 9.11. The molecule has 6 atom stereocenters. The smallest absolute Gasteiger partial charge is 0.173 e. The number of nitrogens with one attached hydrogen (secondary N) is 1. The Hall–Kier alpha value is -6.14. The van der Waals surface area contributed by atoms with Gasteiger partial charge in [0.15, 0.2) is 6.17 Å². The lowest BCUT2D eigenvalue weighted by atomic mass is 9.76. The van der Waals surface area contributed by atoms with Crippen molar-refractivity contribution in [2.45, 2.75) is 49.0 Å². The van der Waals surface area contributed by atoms with Gasteiger partial charge in [-0.25, -0.2) is 9.98 Å². The molecule has 2 aliphatic carbocycles. The molecule has 252 valence electrons. The third-order valence-electron chi connectivity index (χ3n) is 11.6. The minimum Gasteiger partial charge on any atom is -0.488 e. The van der Waals surface area contributed by atoms with Gasteiger partial charge in [0.1, 0.15) is 46.0 Å². The Morgan fingerprint density at radius 1 is 0.673 bits per heavy atom. The molecule has 6 aromatic rings. The first-order chi connectivity index (χ1) is 25.6. The Morgan fingerprint density at radius 3 is 2.21 bits per heavy atom. The van der Waals surface area contributed by atoms with E-state index in [2.05, 4.69) is 134 Å². The summed E-state index contributed by atoms with van der Waals surface area (Å²) < 4.78 is 20.4. The molecule has 5 aromatic carbocycles. The highest BCUT2D eigenvalue weighted by Gasteiger charge is 2.49. The number of nitrogens with zero attached hydrogens (tertiary/aromatic N) is 2. The Balaban J connectivity index is 1.04. The monoisotopic (exact) mass is 677 g/mol. The van der Waals surface area contributed by atoms with Crippen molar-refractivity contribution < 1.29 is 13.9 Å². The number of rotatable bonds is 4. The van der Waals surface area contributed by atoms with E-state index in [1.165, 1.54) is 16.7 Å². The van der Waals surface area contributed by atoms with Crippen LogP contribution in [0.3, 0.4) is 0 Å². The van der Waals surface area contributed by atoms with Gasteiger partial charge in [0, 0.05) is 61.9 Å². The normalized spacial score (nSPS) is 26.6. The first-order valence-electron chi connectivity index (χ1n) is 18.2. The molecule has 6 nitrogen and oxygen atoms in total. The standard InChI is InChI=1S/C46H35N3O3/c1-46-36(34-16-6-8-26-39(34)52-46)23-12-24-37(46)45-48-43(27-13-3-2-4-14-27)47-44(49-45)35-22-11-21-33-32-20-10-19-31(41(32)51-42(33)35)30-18-9-17-29-28-15-5-7-25-38(28)50-40(29)30/h2-17,19-26,29-30,36,40,44H,18H2,1H3,(H,47,48,49). The Labute approximate surface area is 301 Å². The van der Waals surface area contributed by atoms with Crippen LogP contribution in [0.5, 0.6) is 11.5 Å². The number of hydrogen-bond donors (Lipinski definition) is 1. The van der Waals surface area contributed by atoms with Gasteiger partial charge in [-0.15, -0.1) is 0 Å². The fraction of sp³-hybridized carbons (Fsp3) is 0.174. The number of aliphatic imine (C=N–C) groups is 2. The fourth-order valence-electron chi connectivity index (χ4n) is 9.11. The van der Waals surface area contributed by atoms with Crippen molar-refractivity contribution >= 4 is 33.6 Å². The van der Waals surface area contributed by atoms with Gasteiger partial charge >= 0.3 is 0 Å². The molecule has 0 saturated carbocycles. The van der Waals surface area contributed by atoms with Crippen LogP contribution in [0.2, 0.25) is 0 Å². The van der Waals surface area contributed by atoms with Crippen LogP contribution in [-0.4, -0.2) is 23.4 Å². The molecule has 0 saturated heterocycles. The number of benzene rings is 5. The van der Waals surface area contributed by atoms with Crippen molar-refractivity contribution in [3.8, 4) is 11.5 Å². The Morgan fingerprint density at radius 2 is 1.37 bits per heavy atom. The van der Waals surface area contributed by atoms with E-state index in [1.807, 2.05) is 24.3 Å². The Kier molecular flexibility index (Phi) is 6.36. The van der Waals surface area contributed by atoms with E-state index in [4.69, 9.17) is 23.9 Å². The lowest BCUT2D eigenvalue weighted by Crippen LogP contribution is -2.47. The van der Waals surface area contributed by atoms with Crippen LogP contribution in [0.4, 0.5) is 0 Å². The molecule has 52 heavy (non-hydrogen) atoms. The first kappa shape index (κ1) is 29.6. The highest BCUT2D eigenvalue weighted by Crippen LogP contribution is 2.52. The summed E-state index contributed by atoms with van der Waals surface area (Å²) in [5.41, 5.74) is 7.58. The van der Waals surface area contributed by atoms with Gasteiger partial charge in [-0.1, -0.05) is 134 Å². The summed E-state index contributed by atoms with van der Waals surface area (Å²) in [6.07, 6.45) is 11.5. The van der Waals surface area contributed by atoms with Crippen LogP contribution < -0.4 is 14.8 Å². The Bertz CT molecular complexity index is 2590. The molecule has 6 heteroatoms. The van der Waals surface area contributed by atoms with Gasteiger partial charge in [-0.05, 0) is 25.5 Å². The maximum Gasteiger partial charge on any atom is 0.173 e. The molecule has 0 amide bonds. The third kappa shape index (κ3) is 4.30. The van der Waals surface area contributed by atoms with Gasteiger partial charge in [0.05, 0.1) is 0 Å². The molecule has 11 rings (SSSR count). The number of hydrogen-bond acceptors (Lipinski definition) is 6. The average molecular weight is 678 g/mol. The van der Waals surface area contributed by atoms with Crippen molar-refractivity contribution in [2.24, 2.45) is 9.98 Å². The average Bonchev–Trinajstić information content (AvgIpc) is 3.87. The van der Waals surface area contributed by atoms with Crippen LogP contribution in [0.1, 0.15) is 65.1 Å². The van der Waals surface area contributed by atoms with Crippen molar-refractivity contribution in [3.63, 3.8) is 0 Å². The van der Waals surface area contributed by atoms with E-state index in [0.29, 0.717) is 0 Å². The van der Waals surface area contributed by atoms with Gasteiger partial charge in [-0.2, -0.15) is 0 Å².